The number of hydrogen-bond acceptors (Lipinski definition) is 4. The zero-order valence-corrected chi connectivity index (χ0v) is 16.9. The van der Waals surface area contributed by atoms with Crippen LogP contribution in [0.1, 0.15) is 42.9 Å². The molecule has 29 heavy (non-hydrogen) atoms. The molecule has 2 fully saturated rings. The van der Waals surface area contributed by atoms with Crippen LogP contribution < -0.4 is 5.32 Å². The SMILES string of the molecule is CNc1cc([C@@H]2CCCN2C(=O)C2(Cc3ccccc3F)CCOCC2)ccn1. The summed E-state index contributed by atoms with van der Waals surface area (Å²) >= 11 is 0. The standard InChI is InChI=1S/C23H28FN3O2/c1-25-21-15-17(8-11-26-21)20-7-4-12-27(20)22(28)23(9-13-29-14-10-23)16-18-5-2-3-6-19(18)24/h2-3,5-6,8,11,15,20H,4,7,9-10,12-14,16H2,1H3,(H,25,26)/t20-/m0/s1. The summed E-state index contributed by atoms with van der Waals surface area (Å²) in [6, 6.07) is 10.8. The van der Waals surface area contributed by atoms with Gasteiger partial charge in [-0.1, -0.05) is 18.2 Å². The molecule has 0 saturated carbocycles. The lowest BCUT2D eigenvalue weighted by atomic mass is 9.73. The smallest absolute Gasteiger partial charge is 0.229 e. The third-order valence-electron chi connectivity index (χ3n) is 6.33. The van der Waals surface area contributed by atoms with Crippen molar-refractivity contribution >= 4 is 11.7 Å². The first-order valence-corrected chi connectivity index (χ1v) is 10.4. The number of anilines is 1. The van der Waals surface area contributed by atoms with E-state index in [-0.39, 0.29) is 17.8 Å². The summed E-state index contributed by atoms with van der Waals surface area (Å²) in [5.74, 6) is 0.695. The molecule has 4 rings (SSSR count). The molecule has 1 amide bonds. The minimum Gasteiger partial charge on any atom is -0.381 e. The van der Waals surface area contributed by atoms with Crippen molar-refractivity contribution in [2.24, 2.45) is 5.41 Å². The second kappa shape index (κ2) is 8.49. The predicted octanol–water partition coefficient (Wildman–Crippen LogP) is 3.97. The third-order valence-corrected chi connectivity index (χ3v) is 6.33. The quantitative estimate of drug-likeness (QED) is 0.830. The van der Waals surface area contributed by atoms with Crippen LogP contribution >= 0.6 is 0 Å². The van der Waals surface area contributed by atoms with Gasteiger partial charge in [0.2, 0.25) is 5.91 Å². The lowest BCUT2D eigenvalue weighted by Gasteiger charge is -2.40. The van der Waals surface area contributed by atoms with E-state index in [1.165, 1.54) is 6.07 Å². The molecule has 154 valence electrons. The van der Waals surface area contributed by atoms with Crippen molar-refractivity contribution in [1.82, 2.24) is 9.88 Å². The number of nitrogens with one attached hydrogen (secondary N) is 1. The maximum absolute atomic E-state index is 14.4. The highest BCUT2D eigenvalue weighted by molar-refractivity contribution is 5.84. The Hall–Kier alpha value is -2.47. The molecular weight excluding hydrogens is 369 g/mol. The van der Waals surface area contributed by atoms with Crippen LogP contribution in [0.25, 0.3) is 0 Å². The van der Waals surface area contributed by atoms with Gasteiger partial charge >= 0.3 is 0 Å². The van der Waals surface area contributed by atoms with Crippen LogP contribution in [0, 0.1) is 11.2 Å². The zero-order valence-electron chi connectivity index (χ0n) is 16.9. The van der Waals surface area contributed by atoms with Crippen LogP contribution in [0.4, 0.5) is 10.2 Å². The van der Waals surface area contributed by atoms with Gasteiger partial charge in [0, 0.05) is 33.0 Å². The number of rotatable bonds is 5. The Kier molecular flexibility index (Phi) is 5.81. The average Bonchev–Trinajstić information content (AvgIpc) is 3.25. The van der Waals surface area contributed by atoms with E-state index < -0.39 is 5.41 Å². The third kappa shape index (κ3) is 3.99. The molecule has 2 aliphatic rings. The van der Waals surface area contributed by atoms with E-state index in [2.05, 4.69) is 10.3 Å². The van der Waals surface area contributed by atoms with Crippen LogP contribution in [-0.4, -0.2) is 42.6 Å². The van der Waals surface area contributed by atoms with Crippen LogP contribution in [-0.2, 0) is 16.0 Å². The van der Waals surface area contributed by atoms with Gasteiger partial charge in [0.15, 0.2) is 0 Å². The first-order chi connectivity index (χ1) is 14.1. The van der Waals surface area contributed by atoms with Gasteiger partial charge in [-0.15, -0.1) is 0 Å². The van der Waals surface area contributed by atoms with Crippen LogP contribution in [0.3, 0.4) is 0 Å². The molecular formula is C23H28FN3O2. The molecule has 0 spiro atoms. The molecule has 5 nitrogen and oxygen atoms in total. The number of likely N-dealkylation sites (tertiary alicyclic amines) is 1. The van der Waals surface area contributed by atoms with Crippen LogP contribution in [0.15, 0.2) is 42.6 Å². The average molecular weight is 397 g/mol. The lowest BCUT2D eigenvalue weighted by Crippen LogP contribution is -2.48. The number of carbonyl (C=O) groups excluding carboxylic acids is 1. The number of aromatic nitrogens is 1. The Morgan fingerprint density at radius 1 is 1.31 bits per heavy atom. The number of ether oxygens (including phenoxy) is 1. The summed E-state index contributed by atoms with van der Waals surface area (Å²) in [4.78, 5) is 20.2. The normalized spacial score (nSPS) is 21.2. The molecule has 2 aromatic rings. The Morgan fingerprint density at radius 2 is 2.10 bits per heavy atom. The van der Waals surface area contributed by atoms with Crippen molar-refractivity contribution in [3.8, 4) is 0 Å². The van der Waals surface area contributed by atoms with E-state index in [1.807, 2.05) is 30.1 Å². The minimum absolute atomic E-state index is 0.0398. The van der Waals surface area contributed by atoms with Crippen molar-refractivity contribution in [3.05, 3.63) is 59.5 Å². The summed E-state index contributed by atoms with van der Waals surface area (Å²) < 4.78 is 20.0. The highest BCUT2D eigenvalue weighted by Gasteiger charge is 2.45. The highest BCUT2D eigenvalue weighted by atomic mass is 19.1. The number of amides is 1. The van der Waals surface area contributed by atoms with Gasteiger partial charge in [0.1, 0.15) is 11.6 Å². The van der Waals surface area contributed by atoms with Gasteiger partial charge in [0.05, 0.1) is 11.5 Å². The number of hydrogen-bond donors (Lipinski definition) is 1. The molecule has 2 aliphatic heterocycles. The van der Waals surface area contributed by atoms with E-state index in [0.717, 1.165) is 30.8 Å². The first-order valence-electron chi connectivity index (χ1n) is 10.4. The Balaban J connectivity index is 1.64. The second-order valence-electron chi connectivity index (χ2n) is 8.04. The van der Waals surface area contributed by atoms with Crippen molar-refractivity contribution in [2.45, 2.75) is 38.1 Å². The molecule has 0 radical (unpaired) electrons. The molecule has 0 aliphatic carbocycles. The molecule has 2 saturated heterocycles. The van der Waals surface area contributed by atoms with E-state index in [0.29, 0.717) is 38.0 Å². The van der Waals surface area contributed by atoms with Gasteiger partial charge < -0.3 is 15.0 Å². The van der Waals surface area contributed by atoms with Crippen molar-refractivity contribution < 1.29 is 13.9 Å². The summed E-state index contributed by atoms with van der Waals surface area (Å²) in [5, 5.41) is 3.07. The van der Waals surface area contributed by atoms with E-state index in [9.17, 15) is 9.18 Å². The Labute approximate surface area is 171 Å². The monoisotopic (exact) mass is 397 g/mol. The lowest BCUT2D eigenvalue weighted by molar-refractivity contribution is -0.149. The van der Waals surface area contributed by atoms with Crippen molar-refractivity contribution in [2.75, 3.05) is 32.1 Å². The maximum Gasteiger partial charge on any atom is 0.229 e. The van der Waals surface area contributed by atoms with Gasteiger partial charge in [-0.3, -0.25) is 4.79 Å². The van der Waals surface area contributed by atoms with Crippen molar-refractivity contribution in [1.29, 1.82) is 0 Å². The fourth-order valence-electron chi connectivity index (χ4n) is 4.69. The van der Waals surface area contributed by atoms with E-state index in [4.69, 9.17) is 4.74 Å². The first kappa shape index (κ1) is 19.8. The fourth-order valence-corrected chi connectivity index (χ4v) is 4.69. The molecule has 0 unspecified atom stereocenters. The number of benzene rings is 1. The van der Waals surface area contributed by atoms with Gasteiger partial charge in [-0.05, 0) is 61.4 Å². The van der Waals surface area contributed by atoms with Crippen LogP contribution in [0.5, 0.6) is 0 Å². The summed E-state index contributed by atoms with van der Waals surface area (Å²) in [6.45, 7) is 1.82. The molecule has 3 heterocycles. The van der Waals surface area contributed by atoms with Gasteiger partial charge in [-0.2, -0.15) is 0 Å². The Morgan fingerprint density at radius 3 is 2.86 bits per heavy atom. The van der Waals surface area contributed by atoms with Gasteiger partial charge in [-0.25, -0.2) is 9.37 Å². The Bertz CT molecular complexity index is 867. The van der Waals surface area contributed by atoms with Gasteiger partial charge in [0.25, 0.3) is 0 Å². The van der Waals surface area contributed by atoms with Crippen molar-refractivity contribution in [3.63, 3.8) is 0 Å². The molecule has 1 aromatic heterocycles. The predicted molar refractivity (Wildman–Crippen MR) is 110 cm³/mol. The molecule has 0 bridgehead atoms. The fraction of sp³-hybridized carbons (Fsp3) is 0.478. The molecule has 1 aromatic carbocycles. The highest BCUT2D eigenvalue weighted by Crippen LogP contribution is 2.42. The summed E-state index contributed by atoms with van der Waals surface area (Å²) in [7, 11) is 1.84. The number of carbonyl (C=O) groups is 1. The summed E-state index contributed by atoms with van der Waals surface area (Å²) in [5.41, 5.74) is 1.10. The molecule has 1 N–H and O–H groups in total. The topological polar surface area (TPSA) is 54.5 Å². The largest absolute Gasteiger partial charge is 0.381 e. The second-order valence-corrected chi connectivity index (χ2v) is 8.04. The summed E-state index contributed by atoms with van der Waals surface area (Å²) in [6.07, 6.45) is 5.36. The zero-order chi connectivity index (χ0) is 20.3. The number of pyridine rings is 1. The molecule has 1 atom stereocenters. The molecule has 6 heteroatoms. The number of halogens is 1. The number of nitrogens with zero attached hydrogens (tertiary/aromatic N) is 2. The minimum atomic E-state index is -0.609. The maximum atomic E-state index is 14.4. The van der Waals surface area contributed by atoms with Crippen LogP contribution in [0.2, 0.25) is 0 Å². The van der Waals surface area contributed by atoms with E-state index in [1.54, 1.807) is 18.3 Å². The van der Waals surface area contributed by atoms with E-state index >= 15 is 0 Å².